The SMILES string of the molecule is C=C.C=C(C)Cc1ccc(C)c(N(C)c2ccccc2C)c1. The lowest BCUT2D eigenvalue weighted by Gasteiger charge is -2.24. The second-order valence-electron chi connectivity index (χ2n) is 5.60. The maximum absolute atomic E-state index is 4.01. The Kier molecular flexibility index (Phi) is 6.65. The smallest absolute Gasteiger partial charge is 0.0440 e. The number of hydrogen-bond donors (Lipinski definition) is 0. The molecule has 0 aliphatic rings. The predicted octanol–water partition coefficient (Wildman–Crippen LogP) is 5.99. The van der Waals surface area contributed by atoms with Crippen LogP contribution in [0, 0.1) is 13.8 Å². The van der Waals surface area contributed by atoms with Gasteiger partial charge in [-0.05, 0) is 56.0 Å². The summed E-state index contributed by atoms with van der Waals surface area (Å²) in [5, 5.41) is 0. The Bertz CT molecular complexity index is 640. The molecule has 116 valence electrons. The van der Waals surface area contributed by atoms with Crippen LogP contribution in [-0.2, 0) is 6.42 Å². The zero-order valence-electron chi connectivity index (χ0n) is 14.3. The van der Waals surface area contributed by atoms with Gasteiger partial charge in [0.25, 0.3) is 0 Å². The van der Waals surface area contributed by atoms with Crippen LogP contribution < -0.4 is 4.90 Å². The largest absolute Gasteiger partial charge is 0.344 e. The maximum Gasteiger partial charge on any atom is 0.0440 e. The van der Waals surface area contributed by atoms with E-state index in [1.807, 2.05) is 0 Å². The molecule has 0 saturated heterocycles. The number of para-hydroxylation sites is 1. The van der Waals surface area contributed by atoms with E-state index in [0.717, 1.165) is 6.42 Å². The van der Waals surface area contributed by atoms with Gasteiger partial charge in [0.15, 0.2) is 0 Å². The topological polar surface area (TPSA) is 3.24 Å². The van der Waals surface area contributed by atoms with Crippen molar-refractivity contribution in [2.75, 3.05) is 11.9 Å². The molecular weight excluding hydrogens is 266 g/mol. The molecule has 0 saturated carbocycles. The molecule has 2 aromatic carbocycles. The molecule has 0 heterocycles. The molecule has 0 N–H and O–H groups in total. The average molecular weight is 293 g/mol. The molecule has 0 bridgehead atoms. The number of rotatable bonds is 4. The Balaban J connectivity index is 0.00000116. The van der Waals surface area contributed by atoms with Gasteiger partial charge in [-0.3, -0.25) is 0 Å². The second-order valence-corrected chi connectivity index (χ2v) is 5.60. The Morgan fingerprint density at radius 3 is 2.14 bits per heavy atom. The van der Waals surface area contributed by atoms with Gasteiger partial charge >= 0.3 is 0 Å². The molecule has 0 atom stereocenters. The fourth-order valence-corrected chi connectivity index (χ4v) is 2.54. The first kappa shape index (κ1) is 17.8. The minimum absolute atomic E-state index is 0.939. The van der Waals surface area contributed by atoms with Crippen molar-refractivity contribution in [1.82, 2.24) is 0 Å². The minimum atomic E-state index is 0.939. The number of allylic oxidation sites excluding steroid dienone is 1. The molecule has 0 radical (unpaired) electrons. The number of benzene rings is 2. The summed E-state index contributed by atoms with van der Waals surface area (Å²) < 4.78 is 0. The molecule has 2 aromatic rings. The van der Waals surface area contributed by atoms with Crippen molar-refractivity contribution in [1.29, 1.82) is 0 Å². The Morgan fingerprint density at radius 1 is 0.955 bits per heavy atom. The molecule has 0 spiro atoms. The van der Waals surface area contributed by atoms with E-state index in [-0.39, 0.29) is 0 Å². The molecule has 0 aliphatic carbocycles. The van der Waals surface area contributed by atoms with Crippen molar-refractivity contribution in [3.8, 4) is 0 Å². The first-order valence-electron chi connectivity index (χ1n) is 7.52. The third-order valence-electron chi connectivity index (χ3n) is 3.62. The highest BCUT2D eigenvalue weighted by molar-refractivity contribution is 5.68. The number of aryl methyl sites for hydroxylation is 2. The van der Waals surface area contributed by atoms with Gasteiger partial charge in [-0.15, -0.1) is 13.2 Å². The highest BCUT2D eigenvalue weighted by Crippen LogP contribution is 2.30. The Labute approximate surface area is 135 Å². The standard InChI is InChI=1S/C19H23N.C2H4/c1-14(2)12-17-11-10-16(4)19(13-17)20(5)18-9-7-6-8-15(18)3;1-2/h6-11,13H,1,12H2,2-5H3;1-2H2. The third kappa shape index (κ3) is 4.36. The summed E-state index contributed by atoms with van der Waals surface area (Å²) in [7, 11) is 2.13. The van der Waals surface area contributed by atoms with Crippen molar-refractivity contribution in [3.63, 3.8) is 0 Å². The number of nitrogens with zero attached hydrogens (tertiary/aromatic N) is 1. The van der Waals surface area contributed by atoms with Gasteiger partial charge in [0, 0.05) is 18.4 Å². The highest BCUT2D eigenvalue weighted by atomic mass is 15.1. The third-order valence-corrected chi connectivity index (χ3v) is 3.62. The molecule has 0 fully saturated rings. The second kappa shape index (κ2) is 8.23. The van der Waals surface area contributed by atoms with E-state index >= 15 is 0 Å². The van der Waals surface area contributed by atoms with Gasteiger partial charge < -0.3 is 4.90 Å². The van der Waals surface area contributed by atoms with Gasteiger partial charge in [-0.1, -0.05) is 42.5 Å². The quantitative estimate of drug-likeness (QED) is 0.626. The summed E-state index contributed by atoms with van der Waals surface area (Å²) in [6.07, 6.45) is 0.939. The van der Waals surface area contributed by atoms with E-state index in [4.69, 9.17) is 0 Å². The fourth-order valence-electron chi connectivity index (χ4n) is 2.54. The van der Waals surface area contributed by atoms with Gasteiger partial charge in [-0.25, -0.2) is 0 Å². The Hall–Kier alpha value is -2.28. The average Bonchev–Trinajstić information content (AvgIpc) is 2.50. The fraction of sp³-hybridized carbons (Fsp3) is 0.238. The lowest BCUT2D eigenvalue weighted by molar-refractivity contribution is 1.12. The summed E-state index contributed by atoms with van der Waals surface area (Å²) in [6.45, 7) is 16.4. The lowest BCUT2D eigenvalue weighted by Crippen LogP contribution is -2.12. The maximum atomic E-state index is 4.01. The summed E-state index contributed by atoms with van der Waals surface area (Å²) in [4.78, 5) is 2.27. The van der Waals surface area contributed by atoms with Crippen LogP contribution in [0.5, 0.6) is 0 Å². The lowest BCUT2D eigenvalue weighted by atomic mass is 10.0. The van der Waals surface area contributed by atoms with E-state index in [2.05, 4.69) is 94.9 Å². The molecule has 0 unspecified atom stereocenters. The summed E-state index contributed by atoms with van der Waals surface area (Å²) in [5.41, 5.74) is 7.61. The van der Waals surface area contributed by atoms with Gasteiger partial charge in [0.2, 0.25) is 0 Å². The zero-order chi connectivity index (χ0) is 16.7. The normalized spacial score (nSPS) is 9.64. The Morgan fingerprint density at radius 2 is 1.55 bits per heavy atom. The van der Waals surface area contributed by atoms with Crippen molar-refractivity contribution < 1.29 is 0 Å². The van der Waals surface area contributed by atoms with Crippen LogP contribution in [0.1, 0.15) is 23.6 Å². The summed E-state index contributed by atoms with van der Waals surface area (Å²) in [5.74, 6) is 0. The first-order chi connectivity index (χ1) is 10.5. The van der Waals surface area contributed by atoms with Crippen molar-refractivity contribution >= 4 is 11.4 Å². The first-order valence-corrected chi connectivity index (χ1v) is 7.52. The zero-order valence-corrected chi connectivity index (χ0v) is 14.3. The van der Waals surface area contributed by atoms with Crippen LogP contribution in [0.4, 0.5) is 11.4 Å². The van der Waals surface area contributed by atoms with Gasteiger partial charge in [0.1, 0.15) is 0 Å². The summed E-state index contributed by atoms with van der Waals surface area (Å²) in [6, 6.07) is 15.2. The molecule has 1 nitrogen and oxygen atoms in total. The van der Waals surface area contributed by atoms with E-state index in [1.54, 1.807) is 0 Å². The highest BCUT2D eigenvalue weighted by Gasteiger charge is 2.10. The van der Waals surface area contributed by atoms with Crippen LogP contribution in [0.25, 0.3) is 0 Å². The van der Waals surface area contributed by atoms with Crippen LogP contribution in [0.3, 0.4) is 0 Å². The molecular formula is C21H27N. The van der Waals surface area contributed by atoms with Crippen molar-refractivity contribution in [2.24, 2.45) is 0 Å². The van der Waals surface area contributed by atoms with Crippen molar-refractivity contribution in [3.05, 3.63) is 84.5 Å². The molecule has 0 aromatic heterocycles. The van der Waals surface area contributed by atoms with E-state index < -0.39 is 0 Å². The van der Waals surface area contributed by atoms with Crippen LogP contribution in [0.15, 0.2) is 67.8 Å². The van der Waals surface area contributed by atoms with Gasteiger partial charge in [0.05, 0.1) is 0 Å². The molecule has 22 heavy (non-hydrogen) atoms. The monoisotopic (exact) mass is 293 g/mol. The molecule has 1 heteroatoms. The van der Waals surface area contributed by atoms with Crippen LogP contribution in [-0.4, -0.2) is 7.05 Å². The molecule has 0 aliphatic heterocycles. The van der Waals surface area contributed by atoms with Gasteiger partial charge in [-0.2, -0.15) is 0 Å². The summed E-state index contributed by atoms with van der Waals surface area (Å²) >= 11 is 0. The molecule has 0 amide bonds. The van der Waals surface area contributed by atoms with E-state index in [1.165, 1.54) is 33.6 Å². The van der Waals surface area contributed by atoms with Crippen molar-refractivity contribution in [2.45, 2.75) is 27.2 Å². The molecule has 2 rings (SSSR count). The predicted molar refractivity (Wildman–Crippen MR) is 100 cm³/mol. The van der Waals surface area contributed by atoms with E-state index in [9.17, 15) is 0 Å². The number of anilines is 2. The van der Waals surface area contributed by atoms with Crippen LogP contribution in [0.2, 0.25) is 0 Å². The van der Waals surface area contributed by atoms with Crippen LogP contribution >= 0.6 is 0 Å². The minimum Gasteiger partial charge on any atom is -0.344 e. The number of hydrogen-bond acceptors (Lipinski definition) is 1. The van der Waals surface area contributed by atoms with E-state index in [0.29, 0.717) is 0 Å².